The average molecular weight is 689 g/mol. The maximum absolute atomic E-state index is 14.4. The highest BCUT2D eigenvalue weighted by Crippen LogP contribution is 2.32. The molecule has 6 rings (SSSR count). The van der Waals surface area contributed by atoms with E-state index in [2.05, 4.69) is 6.58 Å². The highest BCUT2D eigenvalue weighted by atomic mass is 32.1. The molecule has 3 aromatic carbocycles. The van der Waals surface area contributed by atoms with Gasteiger partial charge in [0.05, 0.1) is 46.3 Å². The molecule has 0 saturated carbocycles. The van der Waals surface area contributed by atoms with Gasteiger partial charge in [-0.05, 0) is 87.4 Å². The summed E-state index contributed by atoms with van der Waals surface area (Å²) in [7, 11) is 1.31. The Morgan fingerprint density at radius 1 is 1.02 bits per heavy atom. The standard InChI is InChI=1S/C39H36N4O6S/c1-7-19-48-38(46)33-25(5)40-39-43(35(33)26-13-15-27(16-14-26)37(45)47-6)36(44)32(50-39)21-29-22-42(30-11-9-8-10-12-30)41-34(29)28-17-18-31(24(4)20-28)49-23(2)3/h7-18,20-23,35H,1,19H2,2-6H3/b32-21-. The SMILES string of the molecule is C=CCOC(=O)C1=C(C)N=c2s/c(=C\c3cn(-c4ccccc4)nc3-c3ccc(OC(C)C)c(C)c3)c(=O)n2C1c1ccc(C(=O)OC)cc1. The molecule has 0 fully saturated rings. The zero-order chi connectivity index (χ0) is 35.5. The number of fused-ring (bicyclic) bond motifs is 1. The lowest BCUT2D eigenvalue weighted by atomic mass is 9.95. The van der Waals surface area contributed by atoms with Crippen molar-refractivity contribution < 1.29 is 23.8 Å². The van der Waals surface area contributed by atoms with Crippen LogP contribution in [0.25, 0.3) is 23.0 Å². The number of thiazole rings is 1. The van der Waals surface area contributed by atoms with E-state index in [1.54, 1.807) is 35.9 Å². The third-order valence-electron chi connectivity index (χ3n) is 8.08. The summed E-state index contributed by atoms with van der Waals surface area (Å²) in [6, 6.07) is 21.4. The van der Waals surface area contributed by atoms with Crippen LogP contribution in [-0.4, -0.2) is 46.1 Å². The lowest BCUT2D eigenvalue weighted by Crippen LogP contribution is -2.40. The Morgan fingerprint density at radius 3 is 2.42 bits per heavy atom. The monoisotopic (exact) mass is 688 g/mol. The third-order valence-corrected chi connectivity index (χ3v) is 9.07. The predicted molar refractivity (Wildman–Crippen MR) is 192 cm³/mol. The summed E-state index contributed by atoms with van der Waals surface area (Å²) in [5, 5.41) is 4.96. The second kappa shape index (κ2) is 14.4. The number of rotatable bonds is 10. The number of carbonyl (C=O) groups is 2. The fourth-order valence-corrected chi connectivity index (χ4v) is 6.82. The molecule has 1 unspecified atom stereocenters. The quantitative estimate of drug-likeness (QED) is 0.137. The van der Waals surface area contributed by atoms with Crippen LogP contribution in [0.3, 0.4) is 0 Å². The first-order valence-electron chi connectivity index (χ1n) is 16.0. The number of benzene rings is 3. The number of hydrogen-bond donors (Lipinski definition) is 0. The van der Waals surface area contributed by atoms with E-state index in [0.29, 0.717) is 31.9 Å². The summed E-state index contributed by atoms with van der Waals surface area (Å²) in [4.78, 5) is 45.1. The first-order valence-corrected chi connectivity index (χ1v) is 16.8. The van der Waals surface area contributed by atoms with Gasteiger partial charge in [-0.1, -0.05) is 54.3 Å². The molecule has 10 nitrogen and oxygen atoms in total. The smallest absolute Gasteiger partial charge is 0.338 e. The van der Waals surface area contributed by atoms with Gasteiger partial charge in [0.1, 0.15) is 18.1 Å². The molecule has 1 aliphatic rings. The van der Waals surface area contributed by atoms with Gasteiger partial charge in [0, 0.05) is 17.3 Å². The summed E-state index contributed by atoms with van der Waals surface area (Å²) in [6.45, 7) is 11.3. The molecule has 1 aliphatic heterocycles. The normalized spacial score (nSPS) is 14.3. The molecule has 0 saturated heterocycles. The van der Waals surface area contributed by atoms with Gasteiger partial charge in [-0.25, -0.2) is 19.3 Å². The van der Waals surface area contributed by atoms with Crippen LogP contribution < -0.4 is 19.6 Å². The van der Waals surface area contributed by atoms with Gasteiger partial charge in [-0.2, -0.15) is 5.10 Å². The minimum absolute atomic E-state index is 0.00768. The van der Waals surface area contributed by atoms with Gasteiger partial charge in [-0.15, -0.1) is 0 Å². The van der Waals surface area contributed by atoms with Crippen molar-refractivity contribution in [1.29, 1.82) is 0 Å². The van der Waals surface area contributed by atoms with E-state index in [0.717, 1.165) is 28.1 Å². The fourth-order valence-electron chi connectivity index (χ4n) is 5.78. The molecule has 2 aromatic heterocycles. The van der Waals surface area contributed by atoms with Crippen molar-refractivity contribution in [3.8, 4) is 22.7 Å². The number of nitrogens with zero attached hydrogens (tertiary/aromatic N) is 4. The van der Waals surface area contributed by atoms with Crippen LogP contribution in [0.4, 0.5) is 0 Å². The Balaban J connectivity index is 1.53. The van der Waals surface area contributed by atoms with Crippen molar-refractivity contribution in [1.82, 2.24) is 14.3 Å². The lowest BCUT2D eigenvalue weighted by molar-refractivity contribution is -0.138. The van der Waals surface area contributed by atoms with E-state index in [-0.39, 0.29) is 23.8 Å². The molecule has 5 aromatic rings. The minimum Gasteiger partial charge on any atom is -0.491 e. The summed E-state index contributed by atoms with van der Waals surface area (Å²) in [6.07, 6.45) is 5.21. The average Bonchev–Trinajstić information content (AvgIpc) is 3.67. The van der Waals surface area contributed by atoms with Gasteiger partial charge < -0.3 is 14.2 Å². The molecule has 0 amide bonds. The zero-order valence-electron chi connectivity index (χ0n) is 28.4. The van der Waals surface area contributed by atoms with Crippen molar-refractivity contribution in [2.45, 2.75) is 39.8 Å². The van der Waals surface area contributed by atoms with Gasteiger partial charge in [0.2, 0.25) is 0 Å². The topological polar surface area (TPSA) is 114 Å². The minimum atomic E-state index is -0.861. The van der Waals surface area contributed by atoms with Gasteiger partial charge >= 0.3 is 11.9 Å². The van der Waals surface area contributed by atoms with Crippen LogP contribution in [0.1, 0.15) is 53.9 Å². The number of esters is 2. The van der Waals surface area contributed by atoms with Crippen molar-refractivity contribution in [3.63, 3.8) is 0 Å². The van der Waals surface area contributed by atoms with Gasteiger partial charge in [0.15, 0.2) is 4.80 Å². The molecule has 0 bridgehead atoms. The Labute approximate surface area is 292 Å². The summed E-state index contributed by atoms with van der Waals surface area (Å²) < 4.78 is 20.0. The maximum atomic E-state index is 14.4. The van der Waals surface area contributed by atoms with Crippen LogP contribution in [0.2, 0.25) is 0 Å². The predicted octanol–water partition coefficient (Wildman–Crippen LogP) is 5.70. The zero-order valence-corrected chi connectivity index (χ0v) is 29.2. The first-order chi connectivity index (χ1) is 24.1. The van der Waals surface area contributed by atoms with E-state index in [1.165, 1.54) is 29.1 Å². The molecule has 50 heavy (non-hydrogen) atoms. The Bertz CT molecular complexity index is 2310. The van der Waals surface area contributed by atoms with Crippen LogP contribution in [0.15, 0.2) is 113 Å². The van der Waals surface area contributed by atoms with E-state index < -0.39 is 18.0 Å². The molecule has 1 atom stereocenters. The molecule has 11 heteroatoms. The van der Waals surface area contributed by atoms with Crippen molar-refractivity contribution >= 4 is 29.4 Å². The number of methoxy groups -OCH3 is 1. The molecule has 0 N–H and O–H groups in total. The number of ether oxygens (including phenoxy) is 3. The Morgan fingerprint density at radius 2 is 1.76 bits per heavy atom. The number of aromatic nitrogens is 3. The van der Waals surface area contributed by atoms with Crippen LogP contribution in [0.5, 0.6) is 5.75 Å². The number of carbonyl (C=O) groups excluding carboxylic acids is 2. The molecule has 0 aliphatic carbocycles. The van der Waals surface area contributed by atoms with Gasteiger partial charge in [0.25, 0.3) is 5.56 Å². The van der Waals surface area contributed by atoms with Gasteiger partial charge in [-0.3, -0.25) is 9.36 Å². The van der Waals surface area contributed by atoms with Crippen molar-refractivity contribution in [2.24, 2.45) is 4.99 Å². The third kappa shape index (κ3) is 6.72. The van der Waals surface area contributed by atoms with E-state index in [1.807, 2.05) is 81.6 Å². The number of aryl methyl sites for hydroxylation is 1. The summed E-state index contributed by atoms with van der Waals surface area (Å²) in [5.41, 5.74) is 5.31. The molecule has 0 spiro atoms. The number of hydrogen-bond acceptors (Lipinski definition) is 9. The number of para-hydroxylation sites is 1. The van der Waals surface area contributed by atoms with E-state index >= 15 is 0 Å². The molecular weight excluding hydrogens is 653 g/mol. The highest BCUT2D eigenvalue weighted by molar-refractivity contribution is 7.07. The van der Waals surface area contributed by atoms with E-state index in [4.69, 9.17) is 24.3 Å². The maximum Gasteiger partial charge on any atom is 0.338 e. The second-order valence-electron chi connectivity index (χ2n) is 11.9. The molecule has 254 valence electrons. The van der Waals surface area contributed by atoms with Crippen molar-refractivity contribution in [3.05, 3.63) is 145 Å². The Kier molecular flexibility index (Phi) is 9.78. The lowest BCUT2D eigenvalue weighted by Gasteiger charge is -2.24. The molecule has 0 radical (unpaired) electrons. The van der Waals surface area contributed by atoms with E-state index in [9.17, 15) is 14.4 Å². The van der Waals surface area contributed by atoms with Crippen LogP contribution in [0, 0.1) is 6.92 Å². The second-order valence-corrected chi connectivity index (χ2v) is 13.0. The number of allylic oxidation sites excluding steroid dienone is 1. The molecule has 3 heterocycles. The first kappa shape index (κ1) is 34.1. The van der Waals surface area contributed by atoms with Crippen molar-refractivity contribution in [2.75, 3.05) is 13.7 Å². The highest BCUT2D eigenvalue weighted by Gasteiger charge is 2.33. The summed E-state index contributed by atoms with van der Waals surface area (Å²) >= 11 is 1.22. The van der Waals surface area contributed by atoms with Crippen LogP contribution in [-0.2, 0) is 14.3 Å². The fraction of sp³-hybridized carbons (Fsp3) is 0.205. The summed E-state index contributed by atoms with van der Waals surface area (Å²) in [5.74, 6) is -0.324. The Hall–Kier alpha value is -5.81. The van der Waals surface area contributed by atoms with Crippen LogP contribution >= 0.6 is 11.3 Å². The molecular formula is C39H36N4O6S. The largest absolute Gasteiger partial charge is 0.491 e.